The standard InChI is InChI=1S/C15H12Cl2FNO2/c16-10-3-1-4-11(9-10)21-8-7-19-15(20)14-12(17)5-2-6-13(14)18/h1-6,9H,7-8H2,(H,19,20). The highest BCUT2D eigenvalue weighted by molar-refractivity contribution is 6.33. The van der Waals surface area contributed by atoms with E-state index in [9.17, 15) is 9.18 Å². The van der Waals surface area contributed by atoms with Gasteiger partial charge >= 0.3 is 0 Å². The fraction of sp³-hybridized carbons (Fsp3) is 0.133. The summed E-state index contributed by atoms with van der Waals surface area (Å²) in [6, 6.07) is 11.0. The van der Waals surface area contributed by atoms with Crippen LogP contribution in [0.25, 0.3) is 0 Å². The number of amides is 1. The lowest BCUT2D eigenvalue weighted by Gasteiger charge is -2.09. The molecule has 0 atom stereocenters. The molecule has 0 heterocycles. The molecule has 0 aliphatic carbocycles. The fourth-order valence-corrected chi connectivity index (χ4v) is 2.12. The van der Waals surface area contributed by atoms with Gasteiger partial charge in [0.05, 0.1) is 17.1 Å². The maximum Gasteiger partial charge on any atom is 0.255 e. The Morgan fingerprint density at radius 3 is 2.67 bits per heavy atom. The van der Waals surface area contributed by atoms with Crippen molar-refractivity contribution in [3.63, 3.8) is 0 Å². The molecule has 0 radical (unpaired) electrons. The van der Waals surface area contributed by atoms with Crippen molar-refractivity contribution < 1.29 is 13.9 Å². The van der Waals surface area contributed by atoms with Crippen molar-refractivity contribution in [2.45, 2.75) is 0 Å². The second-order valence-corrected chi connectivity index (χ2v) is 5.00. The number of benzene rings is 2. The van der Waals surface area contributed by atoms with Crippen LogP contribution in [0.1, 0.15) is 10.4 Å². The molecular formula is C15H12Cl2FNO2. The van der Waals surface area contributed by atoms with Crippen LogP contribution in [-0.4, -0.2) is 19.1 Å². The first-order valence-electron chi connectivity index (χ1n) is 6.18. The van der Waals surface area contributed by atoms with E-state index in [2.05, 4.69) is 5.32 Å². The third kappa shape index (κ3) is 4.34. The van der Waals surface area contributed by atoms with Gasteiger partial charge in [0.15, 0.2) is 0 Å². The van der Waals surface area contributed by atoms with Crippen molar-refractivity contribution in [3.8, 4) is 5.75 Å². The van der Waals surface area contributed by atoms with Crippen LogP contribution in [0.15, 0.2) is 42.5 Å². The van der Waals surface area contributed by atoms with Gasteiger partial charge in [-0.1, -0.05) is 35.3 Å². The quantitative estimate of drug-likeness (QED) is 0.844. The van der Waals surface area contributed by atoms with Crippen molar-refractivity contribution >= 4 is 29.1 Å². The van der Waals surface area contributed by atoms with E-state index in [1.165, 1.54) is 18.2 Å². The molecule has 1 amide bonds. The van der Waals surface area contributed by atoms with Crippen LogP contribution in [-0.2, 0) is 0 Å². The minimum absolute atomic E-state index is 0.0725. The van der Waals surface area contributed by atoms with Crippen LogP contribution in [0.3, 0.4) is 0 Å². The summed E-state index contributed by atoms with van der Waals surface area (Å²) in [5.41, 5.74) is -0.165. The fourth-order valence-electron chi connectivity index (χ4n) is 1.69. The molecular weight excluding hydrogens is 316 g/mol. The van der Waals surface area contributed by atoms with E-state index in [1.807, 2.05) is 0 Å². The van der Waals surface area contributed by atoms with E-state index in [0.29, 0.717) is 10.8 Å². The molecule has 0 aliphatic rings. The molecule has 0 aromatic heterocycles. The van der Waals surface area contributed by atoms with Gasteiger partial charge in [0.1, 0.15) is 18.2 Å². The third-order valence-electron chi connectivity index (χ3n) is 2.64. The predicted molar refractivity (Wildman–Crippen MR) is 80.7 cm³/mol. The zero-order chi connectivity index (χ0) is 15.2. The minimum Gasteiger partial charge on any atom is -0.492 e. The summed E-state index contributed by atoms with van der Waals surface area (Å²) in [5, 5.41) is 3.18. The Labute approximate surface area is 131 Å². The number of halogens is 3. The summed E-state index contributed by atoms with van der Waals surface area (Å²) in [5.74, 6) is -0.635. The van der Waals surface area contributed by atoms with Crippen LogP contribution in [0.5, 0.6) is 5.75 Å². The summed E-state index contributed by atoms with van der Waals surface area (Å²) in [6.07, 6.45) is 0. The van der Waals surface area contributed by atoms with E-state index in [1.54, 1.807) is 24.3 Å². The topological polar surface area (TPSA) is 38.3 Å². The number of ether oxygens (including phenoxy) is 1. The number of hydrogen-bond donors (Lipinski definition) is 1. The molecule has 0 bridgehead atoms. The number of rotatable bonds is 5. The highest BCUT2D eigenvalue weighted by Gasteiger charge is 2.14. The summed E-state index contributed by atoms with van der Waals surface area (Å²) in [7, 11) is 0. The molecule has 2 aromatic carbocycles. The number of carbonyl (C=O) groups excluding carboxylic acids is 1. The smallest absolute Gasteiger partial charge is 0.255 e. The van der Waals surface area contributed by atoms with Gasteiger partial charge in [-0.2, -0.15) is 0 Å². The average Bonchev–Trinajstić information content (AvgIpc) is 2.43. The molecule has 0 aliphatic heterocycles. The normalized spacial score (nSPS) is 10.2. The van der Waals surface area contributed by atoms with Crippen molar-refractivity contribution in [2.24, 2.45) is 0 Å². The summed E-state index contributed by atoms with van der Waals surface area (Å²) < 4.78 is 18.9. The molecule has 0 saturated carbocycles. The first-order valence-corrected chi connectivity index (χ1v) is 6.94. The van der Waals surface area contributed by atoms with E-state index >= 15 is 0 Å². The maximum atomic E-state index is 13.5. The Balaban J connectivity index is 1.85. The Bertz CT molecular complexity index is 629. The van der Waals surface area contributed by atoms with E-state index in [4.69, 9.17) is 27.9 Å². The zero-order valence-corrected chi connectivity index (χ0v) is 12.4. The number of nitrogens with one attached hydrogen (secondary N) is 1. The van der Waals surface area contributed by atoms with Gasteiger partial charge in [0.2, 0.25) is 0 Å². The van der Waals surface area contributed by atoms with Gasteiger partial charge in [-0.25, -0.2) is 4.39 Å². The van der Waals surface area contributed by atoms with Crippen LogP contribution >= 0.6 is 23.2 Å². The molecule has 21 heavy (non-hydrogen) atoms. The molecule has 1 N–H and O–H groups in total. The lowest BCUT2D eigenvalue weighted by Crippen LogP contribution is -2.29. The summed E-state index contributed by atoms with van der Waals surface area (Å²) in [4.78, 5) is 11.8. The largest absolute Gasteiger partial charge is 0.492 e. The van der Waals surface area contributed by atoms with Crippen LogP contribution in [0, 0.1) is 5.82 Å². The summed E-state index contributed by atoms with van der Waals surface area (Å²) >= 11 is 11.6. The minimum atomic E-state index is -0.657. The third-order valence-corrected chi connectivity index (χ3v) is 3.19. The highest BCUT2D eigenvalue weighted by Crippen LogP contribution is 2.19. The Morgan fingerprint density at radius 1 is 1.19 bits per heavy atom. The molecule has 2 rings (SSSR count). The van der Waals surface area contributed by atoms with E-state index in [-0.39, 0.29) is 23.7 Å². The average molecular weight is 328 g/mol. The first-order chi connectivity index (χ1) is 10.1. The molecule has 110 valence electrons. The van der Waals surface area contributed by atoms with E-state index in [0.717, 1.165) is 0 Å². The Kier molecular flexibility index (Phi) is 5.42. The number of hydrogen-bond acceptors (Lipinski definition) is 2. The van der Waals surface area contributed by atoms with Crippen molar-refractivity contribution in [2.75, 3.05) is 13.2 Å². The second-order valence-electron chi connectivity index (χ2n) is 4.16. The Hall–Kier alpha value is -1.78. The highest BCUT2D eigenvalue weighted by atomic mass is 35.5. The maximum absolute atomic E-state index is 13.5. The van der Waals surface area contributed by atoms with E-state index < -0.39 is 11.7 Å². The molecule has 3 nitrogen and oxygen atoms in total. The lowest BCUT2D eigenvalue weighted by atomic mass is 10.2. The van der Waals surface area contributed by atoms with Crippen molar-refractivity contribution in [3.05, 3.63) is 63.9 Å². The molecule has 6 heteroatoms. The van der Waals surface area contributed by atoms with Gasteiger partial charge in [-0.3, -0.25) is 4.79 Å². The molecule has 0 unspecified atom stereocenters. The number of carbonyl (C=O) groups is 1. The SMILES string of the molecule is O=C(NCCOc1cccc(Cl)c1)c1c(F)cccc1Cl. The van der Waals surface area contributed by atoms with Crippen LogP contribution in [0.2, 0.25) is 10.0 Å². The van der Waals surface area contributed by atoms with Gasteiger partial charge < -0.3 is 10.1 Å². The molecule has 0 spiro atoms. The summed E-state index contributed by atoms with van der Waals surface area (Å²) in [6.45, 7) is 0.453. The van der Waals surface area contributed by atoms with Gasteiger partial charge in [0, 0.05) is 5.02 Å². The molecule has 0 fully saturated rings. The Morgan fingerprint density at radius 2 is 1.95 bits per heavy atom. The zero-order valence-electron chi connectivity index (χ0n) is 10.9. The first kappa shape index (κ1) is 15.6. The lowest BCUT2D eigenvalue weighted by molar-refractivity contribution is 0.0943. The van der Waals surface area contributed by atoms with Crippen LogP contribution < -0.4 is 10.1 Å². The van der Waals surface area contributed by atoms with Crippen molar-refractivity contribution in [1.29, 1.82) is 0 Å². The second kappa shape index (κ2) is 7.29. The van der Waals surface area contributed by atoms with Crippen molar-refractivity contribution in [1.82, 2.24) is 5.32 Å². The molecule has 0 saturated heterocycles. The van der Waals surface area contributed by atoms with Gasteiger partial charge in [-0.15, -0.1) is 0 Å². The molecule has 2 aromatic rings. The van der Waals surface area contributed by atoms with Gasteiger partial charge in [0.25, 0.3) is 5.91 Å². The van der Waals surface area contributed by atoms with Gasteiger partial charge in [-0.05, 0) is 30.3 Å². The van der Waals surface area contributed by atoms with Crippen LogP contribution in [0.4, 0.5) is 4.39 Å². The monoisotopic (exact) mass is 327 g/mol. The predicted octanol–water partition coefficient (Wildman–Crippen LogP) is 3.94.